The third-order valence-corrected chi connectivity index (χ3v) is 3.46. The third kappa shape index (κ3) is 2.54. The summed E-state index contributed by atoms with van der Waals surface area (Å²) >= 11 is 0. The highest BCUT2D eigenvalue weighted by atomic mass is 19.1. The molecule has 4 nitrogen and oxygen atoms in total. The minimum atomic E-state index is -0.318. The van der Waals surface area contributed by atoms with Crippen molar-refractivity contribution in [2.75, 3.05) is 0 Å². The molecule has 3 rings (SSSR count). The molecule has 0 aliphatic carbocycles. The Labute approximate surface area is 121 Å². The molecule has 1 aromatic carbocycles. The molecule has 0 aliphatic heterocycles. The monoisotopic (exact) mass is 286 g/mol. The van der Waals surface area contributed by atoms with Gasteiger partial charge >= 0.3 is 0 Å². The molecule has 0 radical (unpaired) electrons. The van der Waals surface area contributed by atoms with E-state index in [4.69, 9.17) is 4.42 Å². The maximum absolute atomic E-state index is 13.3. The molecule has 0 spiro atoms. The fourth-order valence-corrected chi connectivity index (χ4v) is 2.36. The second-order valence-electron chi connectivity index (χ2n) is 4.99. The highest BCUT2D eigenvalue weighted by Gasteiger charge is 2.14. The van der Waals surface area contributed by atoms with Gasteiger partial charge in [-0.25, -0.2) is 4.39 Å². The molecular weight excluding hydrogens is 271 g/mol. The number of hydrogen-bond acceptors (Lipinski definition) is 2. The van der Waals surface area contributed by atoms with E-state index in [9.17, 15) is 9.18 Å². The van der Waals surface area contributed by atoms with Crippen molar-refractivity contribution in [3.8, 4) is 0 Å². The first-order chi connectivity index (χ1) is 10.0. The van der Waals surface area contributed by atoms with Crippen LogP contribution in [0.3, 0.4) is 0 Å². The van der Waals surface area contributed by atoms with Crippen LogP contribution in [0.4, 0.5) is 4.39 Å². The molecule has 5 heteroatoms. The third-order valence-electron chi connectivity index (χ3n) is 3.46. The molecular formula is C16H15FN2O2. The zero-order chi connectivity index (χ0) is 15.0. The molecule has 0 bridgehead atoms. The summed E-state index contributed by atoms with van der Waals surface area (Å²) in [6.07, 6.45) is 0. The van der Waals surface area contributed by atoms with E-state index in [0.717, 1.165) is 11.1 Å². The van der Waals surface area contributed by atoms with Crippen LogP contribution in [-0.4, -0.2) is 10.5 Å². The average Bonchev–Trinajstić information content (AvgIpc) is 3.01. The number of furan rings is 1. The molecule has 0 aliphatic rings. The number of aromatic nitrogens is 1. The van der Waals surface area contributed by atoms with E-state index in [1.54, 1.807) is 23.7 Å². The normalized spacial score (nSPS) is 11.0. The average molecular weight is 286 g/mol. The van der Waals surface area contributed by atoms with Gasteiger partial charge in [0.25, 0.3) is 5.91 Å². The lowest BCUT2D eigenvalue weighted by Crippen LogP contribution is -2.24. The molecule has 0 atom stereocenters. The number of carbonyl (C=O) groups excluding carboxylic acids is 1. The first-order valence-electron chi connectivity index (χ1n) is 6.63. The minimum Gasteiger partial charge on any atom is -0.465 e. The maximum Gasteiger partial charge on any atom is 0.268 e. The number of halogens is 1. The standard InChI is InChI=1S/C16H15FN2O2/c1-10-3-6-13(21-10)9-18-16(20)15-7-11-4-5-12(17)8-14(11)19(15)2/h3-8H,9H2,1-2H3,(H,18,20). The van der Waals surface area contributed by atoms with E-state index in [0.29, 0.717) is 23.5 Å². The van der Waals surface area contributed by atoms with Gasteiger partial charge in [0.1, 0.15) is 23.0 Å². The van der Waals surface area contributed by atoms with Crippen LogP contribution in [0.25, 0.3) is 10.9 Å². The Balaban J connectivity index is 1.82. The first-order valence-corrected chi connectivity index (χ1v) is 6.63. The molecule has 0 saturated carbocycles. The van der Waals surface area contributed by atoms with Crippen molar-refractivity contribution in [1.29, 1.82) is 0 Å². The van der Waals surface area contributed by atoms with Gasteiger partial charge in [-0.3, -0.25) is 4.79 Å². The van der Waals surface area contributed by atoms with Crippen molar-refractivity contribution in [3.05, 3.63) is 59.4 Å². The molecule has 108 valence electrons. The highest BCUT2D eigenvalue weighted by molar-refractivity contribution is 5.98. The maximum atomic E-state index is 13.3. The van der Waals surface area contributed by atoms with Crippen LogP contribution in [0.5, 0.6) is 0 Å². The quantitative estimate of drug-likeness (QED) is 0.804. The molecule has 3 aromatic rings. The molecule has 2 heterocycles. The van der Waals surface area contributed by atoms with Gasteiger partial charge in [0, 0.05) is 12.4 Å². The summed E-state index contributed by atoms with van der Waals surface area (Å²) in [5, 5.41) is 3.63. The van der Waals surface area contributed by atoms with Gasteiger partial charge < -0.3 is 14.3 Å². The van der Waals surface area contributed by atoms with Gasteiger partial charge in [0.05, 0.1) is 12.1 Å². The SMILES string of the molecule is Cc1ccc(CNC(=O)c2cc3ccc(F)cc3n2C)o1. The highest BCUT2D eigenvalue weighted by Crippen LogP contribution is 2.20. The van der Waals surface area contributed by atoms with E-state index in [2.05, 4.69) is 5.32 Å². The number of amides is 1. The van der Waals surface area contributed by atoms with Gasteiger partial charge in [-0.15, -0.1) is 0 Å². The van der Waals surface area contributed by atoms with Crippen LogP contribution in [0.15, 0.2) is 40.8 Å². The second kappa shape index (κ2) is 5.09. The van der Waals surface area contributed by atoms with Crippen molar-refractivity contribution < 1.29 is 13.6 Å². The number of nitrogens with one attached hydrogen (secondary N) is 1. The number of fused-ring (bicyclic) bond motifs is 1. The Hall–Kier alpha value is -2.56. The largest absolute Gasteiger partial charge is 0.465 e. The van der Waals surface area contributed by atoms with Crippen molar-refractivity contribution >= 4 is 16.8 Å². The molecule has 0 saturated heterocycles. The Kier molecular flexibility index (Phi) is 3.25. The fourth-order valence-electron chi connectivity index (χ4n) is 2.36. The topological polar surface area (TPSA) is 47.2 Å². The Morgan fingerprint density at radius 2 is 2.10 bits per heavy atom. The van der Waals surface area contributed by atoms with E-state index in [1.165, 1.54) is 12.1 Å². The number of aryl methyl sites for hydroxylation is 2. The minimum absolute atomic E-state index is 0.219. The van der Waals surface area contributed by atoms with E-state index < -0.39 is 0 Å². The predicted octanol–water partition coefficient (Wildman–Crippen LogP) is 3.15. The summed E-state index contributed by atoms with van der Waals surface area (Å²) < 4.78 is 20.4. The van der Waals surface area contributed by atoms with E-state index in [-0.39, 0.29) is 11.7 Å². The van der Waals surface area contributed by atoms with Crippen molar-refractivity contribution in [2.24, 2.45) is 7.05 Å². The zero-order valence-electron chi connectivity index (χ0n) is 11.8. The number of benzene rings is 1. The van der Waals surface area contributed by atoms with Gasteiger partial charge in [-0.05, 0) is 43.3 Å². The van der Waals surface area contributed by atoms with Crippen molar-refractivity contribution in [3.63, 3.8) is 0 Å². The molecule has 1 N–H and O–H groups in total. The van der Waals surface area contributed by atoms with Crippen LogP contribution in [0.1, 0.15) is 22.0 Å². The van der Waals surface area contributed by atoms with Crippen LogP contribution in [-0.2, 0) is 13.6 Å². The van der Waals surface area contributed by atoms with Gasteiger partial charge in [0.15, 0.2) is 0 Å². The van der Waals surface area contributed by atoms with Crippen molar-refractivity contribution in [2.45, 2.75) is 13.5 Å². The summed E-state index contributed by atoms with van der Waals surface area (Å²) in [4.78, 5) is 12.2. The smallest absolute Gasteiger partial charge is 0.268 e. The summed E-state index contributed by atoms with van der Waals surface area (Å²) in [5.74, 6) is 0.967. The van der Waals surface area contributed by atoms with Crippen molar-refractivity contribution in [1.82, 2.24) is 9.88 Å². The summed E-state index contributed by atoms with van der Waals surface area (Å²) in [6, 6.07) is 9.89. The summed E-state index contributed by atoms with van der Waals surface area (Å²) in [5.41, 5.74) is 1.17. The lowest BCUT2D eigenvalue weighted by molar-refractivity contribution is 0.0940. The number of rotatable bonds is 3. The summed E-state index contributed by atoms with van der Waals surface area (Å²) in [7, 11) is 1.74. The lowest BCUT2D eigenvalue weighted by Gasteiger charge is -2.05. The molecule has 2 aromatic heterocycles. The van der Waals surface area contributed by atoms with Gasteiger partial charge in [-0.2, -0.15) is 0 Å². The Morgan fingerprint density at radius 1 is 1.29 bits per heavy atom. The van der Waals surface area contributed by atoms with Gasteiger partial charge in [0.2, 0.25) is 0 Å². The number of nitrogens with zero attached hydrogens (tertiary/aromatic N) is 1. The first kappa shape index (κ1) is 13.4. The number of hydrogen-bond donors (Lipinski definition) is 1. The van der Waals surface area contributed by atoms with Crippen LogP contribution < -0.4 is 5.32 Å². The van der Waals surface area contributed by atoms with Crippen LogP contribution in [0.2, 0.25) is 0 Å². The van der Waals surface area contributed by atoms with E-state index >= 15 is 0 Å². The van der Waals surface area contributed by atoms with Crippen LogP contribution >= 0.6 is 0 Å². The lowest BCUT2D eigenvalue weighted by atomic mass is 10.2. The Bertz CT molecular complexity index is 817. The molecule has 0 fully saturated rings. The van der Waals surface area contributed by atoms with E-state index in [1.807, 2.05) is 19.1 Å². The zero-order valence-corrected chi connectivity index (χ0v) is 11.8. The molecule has 1 amide bonds. The molecule has 21 heavy (non-hydrogen) atoms. The molecule has 0 unspecified atom stereocenters. The Morgan fingerprint density at radius 3 is 2.81 bits per heavy atom. The van der Waals surface area contributed by atoms with Gasteiger partial charge in [-0.1, -0.05) is 0 Å². The second-order valence-corrected chi connectivity index (χ2v) is 4.99. The van der Waals surface area contributed by atoms with Crippen LogP contribution in [0, 0.1) is 12.7 Å². The fraction of sp³-hybridized carbons (Fsp3) is 0.188. The number of carbonyl (C=O) groups is 1. The predicted molar refractivity (Wildman–Crippen MR) is 77.5 cm³/mol. The summed E-state index contributed by atoms with van der Waals surface area (Å²) in [6.45, 7) is 2.17.